The maximum Gasteiger partial charge on any atom is 0.328 e. The van der Waals surface area contributed by atoms with Crippen molar-refractivity contribution in [2.45, 2.75) is 13.0 Å². The quantitative estimate of drug-likeness (QED) is 0.731. The molecule has 0 bridgehead atoms. The van der Waals surface area contributed by atoms with Gasteiger partial charge in [0.15, 0.2) is 0 Å². The van der Waals surface area contributed by atoms with Crippen LogP contribution in [0.2, 0.25) is 0 Å². The summed E-state index contributed by atoms with van der Waals surface area (Å²) in [5.41, 5.74) is 5.62. The molecule has 24 heavy (non-hydrogen) atoms. The van der Waals surface area contributed by atoms with E-state index in [1.165, 1.54) is 16.8 Å². The maximum atomic E-state index is 12.4. The number of H-pyrrole nitrogens is 1. The Labute approximate surface area is 145 Å². The number of hydrogen-bond acceptors (Lipinski definition) is 4. The van der Waals surface area contributed by atoms with E-state index in [4.69, 9.17) is 5.73 Å². The maximum absolute atomic E-state index is 12.4. The van der Waals surface area contributed by atoms with Crippen LogP contribution in [0.25, 0.3) is 0 Å². The zero-order valence-electron chi connectivity index (χ0n) is 13.2. The van der Waals surface area contributed by atoms with Gasteiger partial charge in [-0.25, -0.2) is 4.79 Å². The SMILES string of the molecule is Cl.NCCN(CCc1ccccc1)C(=O)Cn1ccc(=O)[nH]c1=O. The number of aromatic amines is 1. The molecule has 0 radical (unpaired) electrons. The standard InChI is InChI=1S/C16H20N4O3.ClH/c17-8-11-19(9-6-13-4-2-1-3-5-13)15(22)12-20-10-7-14(21)18-16(20)23;/h1-5,7,10H,6,8-9,11-12,17H2,(H,18,21,23);1H. The van der Waals surface area contributed by atoms with Crippen LogP contribution in [0.5, 0.6) is 0 Å². The Kier molecular flexibility index (Phi) is 7.94. The largest absolute Gasteiger partial charge is 0.340 e. The van der Waals surface area contributed by atoms with Crippen molar-refractivity contribution in [3.63, 3.8) is 0 Å². The summed E-state index contributed by atoms with van der Waals surface area (Å²) in [6, 6.07) is 11.0. The van der Waals surface area contributed by atoms with Gasteiger partial charge in [0.05, 0.1) is 0 Å². The second-order valence-electron chi connectivity index (χ2n) is 5.14. The summed E-state index contributed by atoms with van der Waals surface area (Å²) in [5.74, 6) is -0.208. The van der Waals surface area contributed by atoms with Crippen LogP contribution in [0.4, 0.5) is 0 Å². The van der Waals surface area contributed by atoms with Crippen molar-refractivity contribution < 1.29 is 4.79 Å². The predicted molar refractivity (Wildman–Crippen MR) is 94.4 cm³/mol. The van der Waals surface area contributed by atoms with Crippen molar-refractivity contribution in [3.8, 4) is 0 Å². The fourth-order valence-electron chi connectivity index (χ4n) is 2.24. The Morgan fingerprint density at radius 3 is 2.46 bits per heavy atom. The van der Waals surface area contributed by atoms with E-state index in [2.05, 4.69) is 4.98 Å². The van der Waals surface area contributed by atoms with Gasteiger partial charge in [0.25, 0.3) is 5.56 Å². The first kappa shape index (κ1) is 19.7. The summed E-state index contributed by atoms with van der Waals surface area (Å²) >= 11 is 0. The summed E-state index contributed by atoms with van der Waals surface area (Å²) < 4.78 is 1.18. The third kappa shape index (κ3) is 5.68. The first-order chi connectivity index (χ1) is 11.1. The van der Waals surface area contributed by atoms with Crippen LogP contribution in [-0.2, 0) is 17.8 Å². The third-order valence-corrected chi connectivity index (χ3v) is 3.47. The number of nitrogens with one attached hydrogen (secondary N) is 1. The molecule has 1 aromatic carbocycles. The smallest absolute Gasteiger partial charge is 0.328 e. The van der Waals surface area contributed by atoms with E-state index >= 15 is 0 Å². The molecule has 130 valence electrons. The minimum Gasteiger partial charge on any atom is -0.340 e. The lowest BCUT2D eigenvalue weighted by Gasteiger charge is -2.22. The van der Waals surface area contributed by atoms with Gasteiger partial charge in [-0.15, -0.1) is 12.4 Å². The van der Waals surface area contributed by atoms with Crippen molar-refractivity contribution in [2.75, 3.05) is 19.6 Å². The molecule has 8 heteroatoms. The van der Waals surface area contributed by atoms with Crippen LogP contribution in [0.3, 0.4) is 0 Å². The Balaban J connectivity index is 0.00000288. The van der Waals surface area contributed by atoms with Crippen LogP contribution < -0.4 is 17.0 Å². The van der Waals surface area contributed by atoms with Gasteiger partial charge in [0, 0.05) is 31.9 Å². The van der Waals surface area contributed by atoms with Crippen molar-refractivity contribution in [2.24, 2.45) is 5.73 Å². The molecule has 0 fully saturated rings. The highest BCUT2D eigenvalue weighted by molar-refractivity contribution is 5.85. The summed E-state index contributed by atoms with van der Waals surface area (Å²) in [4.78, 5) is 38.8. The molecule has 0 aliphatic heterocycles. The molecule has 0 saturated carbocycles. The van der Waals surface area contributed by atoms with E-state index in [0.29, 0.717) is 26.1 Å². The minimum absolute atomic E-state index is 0. The van der Waals surface area contributed by atoms with E-state index < -0.39 is 11.2 Å². The molecule has 0 spiro atoms. The molecule has 7 nitrogen and oxygen atoms in total. The molecule has 0 aliphatic carbocycles. The molecular formula is C16H21ClN4O3. The van der Waals surface area contributed by atoms with Crippen molar-refractivity contribution in [3.05, 3.63) is 69.0 Å². The summed E-state index contributed by atoms with van der Waals surface area (Å²) in [6.07, 6.45) is 2.03. The van der Waals surface area contributed by atoms with Crippen molar-refractivity contribution in [1.82, 2.24) is 14.5 Å². The number of nitrogens with two attached hydrogens (primary N) is 1. The number of aromatic nitrogens is 2. The zero-order valence-corrected chi connectivity index (χ0v) is 14.0. The van der Waals surface area contributed by atoms with E-state index in [9.17, 15) is 14.4 Å². The van der Waals surface area contributed by atoms with Gasteiger partial charge in [-0.1, -0.05) is 30.3 Å². The van der Waals surface area contributed by atoms with Gasteiger partial charge < -0.3 is 10.6 Å². The molecule has 0 saturated heterocycles. The van der Waals surface area contributed by atoms with Crippen LogP contribution in [0, 0.1) is 0 Å². The monoisotopic (exact) mass is 352 g/mol. The second-order valence-corrected chi connectivity index (χ2v) is 5.14. The van der Waals surface area contributed by atoms with Crippen molar-refractivity contribution in [1.29, 1.82) is 0 Å². The van der Waals surface area contributed by atoms with Crippen LogP contribution in [0.1, 0.15) is 5.56 Å². The topological polar surface area (TPSA) is 101 Å². The minimum atomic E-state index is -0.596. The predicted octanol–water partition coefficient (Wildman–Crippen LogP) is -0.0116. The van der Waals surface area contributed by atoms with Crippen LogP contribution >= 0.6 is 12.4 Å². The molecule has 0 unspecified atom stereocenters. The average Bonchev–Trinajstić information content (AvgIpc) is 2.55. The lowest BCUT2D eigenvalue weighted by molar-refractivity contribution is -0.131. The number of amides is 1. The fraction of sp³-hybridized carbons (Fsp3) is 0.312. The zero-order chi connectivity index (χ0) is 16.7. The Morgan fingerprint density at radius 1 is 1.12 bits per heavy atom. The van der Waals surface area contributed by atoms with Gasteiger partial charge in [-0.05, 0) is 12.0 Å². The number of hydrogen-bond donors (Lipinski definition) is 2. The number of carbonyl (C=O) groups excluding carboxylic acids is 1. The van der Waals surface area contributed by atoms with Gasteiger partial charge in [0.2, 0.25) is 5.91 Å². The molecule has 2 rings (SSSR count). The highest BCUT2D eigenvalue weighted by Crippen LogP contribution is 2.02. The van der Waals surface area contributed by atoms with Gasteiger partial charge in [-0.3, -0.25) is 19.1 Å². The Morgan fingerprint density at radius 2 is 1.83 bits per heavy atom. The summed E-state index contributed by atoms with van der Waals surface area (Å²) in [6.45, 7) is 1.17. The van der Waals surface area contributed by atoms with Crippen LogP contribution in [0.15, 0.2) is 52.2 Å². The van der Waals surface area contributed by atoms with Crippen LogP contribution in [-0.4, -0.2) is 40.0 Å². The summed E-state index contributed by atoms with van der Waals surface area (Å²) in [7, 11) is 0. The van der Waals surface area contributed by atoms with Gasteiger partial charge >= 0.3 is 5.69 Å². The highest BCUT2D eigenvalue weighted by Gasteiger charge is 2.14. The van der Waals surface area contributed by atoms with Gasteiger partial charge in [0.1, 0.15) is 6.54 Å². The number of halogens is 1. The number of rotatable bonds is 7. The molecule has 1 amide bonds. The Bertz CT molecular complexity index is 758. The first-order valence-corrected chi connectivity index (χ1v) is 7.41. The number of benzene rings is 1. The molecule has 1 aromatic heterocycles. The lowest BCUT2D eigenvalue weighted by Crippen LogP contribution is -2.41. The molecule has 3 N–H and O–H groups in total. The molecular weight excluding hydrogens is 332 g/mol. The third-order valence-electron chi connectivity index (χ3n) is 3.47. The van der Waals surface area contributed by atoms with E-state index in [1.807, 2.05) is 30.3 Å². The summed E-state index contributed by atoms with van der Waals surface area (Å²) in [5, 5.41) is 0. The van der Waals surface area contributed by atoms with E-state index in [0.717, 1.165) is 5.56 Å². The number of nitrogens with zero attached hydrogens (tertiary/aromatic N) is 2. The molecule has 1 heterocycles. The van der Waals surface area contributed by atoms with Crippen molar-refractivity contribution >= 4 is 18.3 Å². The second kappa shape index (κ2) is 9.69. The lowest BCUT2D eigenvalue weighted by atomic mass is 10.1. The van der Waals surface area contributed by atoms with E-state index in [1.54, 1.807) is 4.90 Å². The highest BCUT2D eigenvalue weighted by atomic mass is 35.5. The molecule has 0 atom stereocenters. The number of carbonyl (C=O) groups is 1. The molecule has 2 aromatic rings. The first-order valence-electron chi connectivity index (χ1n) is 7.41. The van der Waals surface area contributed by atoms with E-state index in [-0.39, 0.29) is 24.9 Å². The fourth-order valence-corrected chi connectivity index (χ4v) is 2.24. The normalized spacial score (nSPS) is 10.0. The molecule has 0 aliphatic rings. The average molecular weight is 353 g/mol. The van der Waals surface area contributed by atoms with Gasteiger partial charge in [-0.2, -0.15) is 0 Å². The Hall–Kier alpha value is -2.38.